The zero-order valence-corrected chi connectivity index (χ0v) is 20.3. The number of nitrogens with one attached hydrogen (secondary N) is 3. The molecule has 198 valence electrons. The molecular formula is C23H29N7O7. The van der Waals surface area contributed by atoms with Crippen LogP contribution >= 0.6 is 0 Å². The highest BCUT2D eigenvalue weighted by Gasteiger charge is 2.29. The molecule has 2 unspecified atom stereocenters. The molecule has 0 spiro atoms. The van der Waals surface area contributed by atoms with Crippen LogP contribution in [0.3, 0.4) is 0 Å². The molecule has 7 N–H and O–H groups in total. The van der Waals surface area contributed by atoms with Crippen molar-refractivity contribution in [1.82, 2.24) is 9.97 Å². The zero-order chi connectivity index (χ0) is 27.1. The number of aromatic amines is 1. The van der Waals surface area contributed by atoms with E-state index in [-0.39, 0.29) is 36.5 Å². The van der Waals surface area contributed by atoms with Crippen LogP contribution in [0.2, 0.25) is 0 Å². The Labute approximate surface area is 211 Å². The number of aromatic nitrogens is 2. The number of hydrogen-bond donors (Lipinski definition) is 6. The minimum atomic E-state index is -1.27. The van der Waals surface area contributed by atoms with Gasteiger partial charge in [0.15, 0.2) is 11.7 Å². The van der Waals surface area contributed by atoms with Gasteiger partial charge in [-0.15, -0.1) is 0 Å². The Balaban J connectivity index is 1.74. The van der Waals surface area contributed by atoms with E-state index in [1.807, 2.05) is 0 Å². The number of carboxylic acids is 2. The molecule has 0 saturated carbocycles. The molecule has 2 aromatic rings. The first-order chi connectivity index (χ1) is 17.6. The molecule has 2 heterocycles. The Morgan fingerprint density at radius 1 is 1.32 bits per heavy atom. The largest absolute Gasteiger partial charge is 0.481 e. The summed E-state index contributed by atoms with van der Waals surface area (Å²) in [7, 11) is 0. The fraction of sp³-hybridized carbons (Fsp3) is 0.391. The highest BCUT2D eigenvalue weighted by Crippen LogP contribution is 2.25. The molecule has 14 heteroatoms. The van der Waals surface area contributed by atoms with Crippen molar-refractivity contribution in [2.24, 2.45) is 4.99 Å². The molecule has 1 aromatic carbocycles. The second-order valence-corrected chi connectivity index (χ2v) is 8.54. The Bertz CT molecular complexity index is 1230. The topological polar surface area (TPSA) is 212 Å². The number of aliphatic carboxylic acids is 2. The summed E-state index contributed by atoms with van der Waals surface area (Å²) in [4.78, 5) is 58.4. The van der Waals surface area contributed by atoms with E-state index in [0.717, 1.165) is 0 Å². The number of benzene rings is 1. The van der Waals surface area contributed by atoms with Crippen LogP contribution < -0.4 is 26.8 Å². The maximum absolute atomic E-state index is 12.3. The van der Waals surface area contributed by atoms with Gasteiger partial charge < -0.3 is 41.2 Å². The number of rotatable bonds is 11. The number of nitrogens with zero attached hydrogens (tertiary/aromatic N) is 3. The van der Waals surface area contributed by atoms with Crippen molar-refractivity contribution in [3.05, 3.63) is 40.2 Å². The number of ether oxygens (including phenoxy) is 1. The number of fused-ring (bicyclic) bond motifs is 1. The smallest absolute Gasteiger partial charge is 0.328 e. The molecule has 0 saturated heterocycles. The monoisotopic (exact) mass is 515 g/mol. The number of carbonyl (C=O) groups is 3. The summed E-state index contributed by atoms with van der Waals surface area (Å²) in [6, 6.07) is 5.15. The zero-order valence-electron chi connectivity index (χ0n) is 20.3. The third-order valence-corrected chi connectivity index (χ3v) is 5.40. The lowest BCUT2D eigenvalue weighted by Crippen LogP contribution is -2.50. The lowest BCUT2D eigenvalue weighted by atomic mass is 10.1. The average Bonchev–Trinajstić information content (AvgIpc) is 2.83. The minimum absolute atomic E-state index is 0.0559. The van der Waals surface area contributed by atoms with Gasteiger partial charge in [-0.3, -0.25) is 14.4 Å². The second-order valence-electron chi connectivity index (χ2n) is 8.54. The normalized spacial score (nSPS) is 15.9. The van der Waals surface area contributed by atoms with Crippen molar-refractivity contribution in [3.63, 3.8) is 0 Å². The Morgan fingerprint density at radius 3 is 2.62 bits per heavy atom. The van der Waals surface area contributed by atoms with Crippen molar-refractivity contribution < 1.29 is 29.3 Å². The molecule has 37 heavy (non-hydrogen) atoms. The van der Waals surface area contributed by atoms with Crippen LogP contribution in [0.25, 0.3) is 0 Å². The number of anilines is 4. The number of carbonyl (C=O) groups excluding carboxylic acids is 1. The first-order valence-electron chi connectivity index (χ1n) is 11.5. The summed E-state index contributed by atoms with van der Waals surface area (Å²) in [5, 5.41) is 24.6. The van der Waals surface area contributed by atoms with Crippen LogP contribution in [0.5, 0.6) is 0 Å². The molecule has 0 radical (unpaired) electrons. The van der Waals surface area contributed by atoms with Crippen LogP contribution in [-0.2, 0) is 19.1 Å². The highest BCUT2D eigenvalue weighted by atomic mass is 16.5. The Hall–Kier alpha value is -4.62. The van der Waals surface area contributed by atoms with Gasteiger partial charge in [0.2, 0.25) is 18.3 Å². The van der Waals surface area contributed by atoms with E-state index >= 15 is 0 Å². The summed E-state index contributed by atoms with van der Waals surface area (Å²) < 4.78 is 5.72. The maximum atomic E-state index is 12.3. The molecule has 1 aliphatic rings. The molecule has 1 amide bonds. The molecule has 1 aromatic heterocycles. The number of H-pyrrole nitrogens is 1. The number of carboxylic acid groups (broad SMARTS) is 2. The van der Waals surface area contributed by atoms with Gasteiger partial charge in [-0.05, 0) is 44.5 Å². The lowest BCUT2D eigenvalue weighted by Gasteiger charge is -2.34. The van der Waals surface area contributed by atoms with Crippen LogP contribution in [0.15, 0.2) is 34.1 Å². The van der Waals surface area contributed by atoms with Crippen molar-refractivity contribution in [1.29, 1.82) is 0 Å². The predicted molar refractivity (Wildman–Crippen MR) is 136 cm³/mol. The number of nitrogen functional groups attached to an aromatic ring is 1. The van der Waals surface area contributed by atoms with Crippen molar-refractivity contribution in [3.8, 4) is 0 Å². The van der Waals surface area contributed by atoms with Gasteiger partial charge >= 0.3 is 17.5 Å². The van der Waals surface area contributed by atoms with Crippen molar-refractivity contribution in [2.75, 3.05) is 34.4 Å². The fourth-order valence-corrected chi connectivity index (χ4v) is 3.67. The van der Waals surface area contributed by atoms with Gasteiger partial charge in [-0.1, -0.05) is 0 Å². The van der Waals surface area contributed by atoms with Gasteiger partial charge in [-0.2, -0.15) is 4.98 Å². The van der Waals surface area contributed by atoms with Gasteiger partial charge in [0, 0.05) is 30.8 Å². The van der Waals surface area contributed by atoms with Crippen molar-refractivity contribution in [2.45, 2.75) is 44.9 Å². The van der Waals surface area contributed by atoms with E-state index < -0.39 is 29.6 Å². The van der Waals surface area contributed by atoms with Crippen LogP contribution in [0.4, 0.5) is 23.1 Å². The molecular weight excluding hydrogens is 486 g/mol. The Morgan fingerprint density at radius 2 is 2.03 bits per heavy atom. The molecule has 3 rings (SSSR count). The van der Waals surface area contributed by atoms with Crippen LogP contribution in [0.1, 0.15) is 32.3 Å². The minimum Gasteiger partial charge on any atom is -0.481 e. The summed E-state index contributed by atoms with van der Waals surface area (Å²) in [5.41, 5.74) is 6.23. The number of hydrogen-bond acceptors (Lipinski definition) is 10. The first kappa shape index (κ1) is 27.0. The average molecular weight is 516 g/mol. The van der Waals surface area contributed by atoms with E-state index in [1.165, 1.54) is 4.90 Å². The lowest BCUT2D eigenvalue weighted by molar-refractivity contribution is -0.139. The van der Waals surface area contributed by atoms with E-state index in [4.69, 9.17) is 15.6 Å². The first-order valence-corrected chi connectivity index (χ1v) is 11.5. The highest BCUT2D eigenvalue weighted by molar-refractivity contribution is 5.96. The molecule has 0 aliphatic carbocycles. The van der Waals surface area contributed by atoms with Gasteiger partial charge in [0.05, 0.1) is 12.1 Å². The van der Waals surface area contributed by atoms with E-state index in [9.17, 15) is 24.3 Å². The van der Waals surface area contributed by atoms with Crippen molar-refractivity contribution >= 4 is 47.4 Å². The Kier molecular flexibility index (Phi) is 8.66. The molecule has 0 fully saturated rings. The SMILES string of the molecule is CC(C)O/C(=N\C(CCC(=O)O)C(=O)O)c1ccc(NCC2CNc3[nH]c(N)nc(=O)c3N2C=O)cc1. The third kappa shape index (κ3) is 6.96. The number of aliphatic imine (C=N–C) groups is 1. The second kappa shape index (κ2) is 11.9. The maximum Gasteiger partial charge on any atom is 0.328 e. The predicted octanol–water partition coefficient (Wildman–Crippen LogP) is 0.711. The number of nitrogens with two attached hydrogens (primary N) is 1. The van der Waals surface area contributed by atoms with Crippen LogP contribution in [-0.4, -0.2) is 75.7 Å². The van der Waals surface area contributed by atoms with E-state index in [1.54, 1.807) is 38.1 Å². The van der Waals surface area contributed by atoms with Crippen LogP contribution in [0, 0.1) is 0 Å². The third-order valence-electron chi connectivity index (χ3n) is 5.40. The van der Waals surface area contributed by atoms with E-state index in [0.29, 0.717) is 36.6 Å². The summed E-state index contributed by atoms with van der Waals surface area (Å²) >= 11 is 0. The van der Waals surface area contributed by atoms with Gasteiger partial charge in [0.25, 0.3) is 0 Å². The summed E-state index contributed by atoms with van der Waals surface area (Å²) in [6.07, 6.45) is -0.246. The fourth-order valence-electron chi connectivity index (χ4n) is 3.67. The quantitative estimate of drug-likeness (QED) is 0.139. The summed E-state index contributed by atoms with van der Waals surface area (Å²) in [5.74, 6) is -2.00. The summed E-state index contributed by atoms with van der Waals surface area (Å²) in [6.45, 7) is 4.18. The molecule has 0 bridgehead atoms. The molecule has 14 nitrogen and oxygen atoms in total. The van der Waals surface area contributed by atoms with Gasteiger partial charge in [-0.25, -0.2) is 9.79 Å². The standard InChI is InChI=1S/C23H29N7O7/c1-12(2)37-21(27-16(22(35)36)7-8-17(32)33)13-3-5-14(6-4-13)25-9-15-10-26-19-18(30(15)11-31)20(34)29-23(24)28-19/h3-6,11-12,15-16,25H,7-10H2,1-2H3,(H,32,33)(H,35,36)(H4,24,26,28,29,34)/b27-21-. The molecule has 1 aliphatic heterocycles. The van der Waals surface area contributed by atoms with Gasteiger partial charge in [0.1, 0.15) is 5.82 Å². The van der Waals surface area contributed by atoms with E-state index in [2.05, 4.69) is 25.6 Å². The molecule has 2 atom stereocenters. The number of amides is 1.